The molecule has 24 heavy (non-hydrogen) atoms. The topological polar surface area (TPSA) is 87.2 Å². The highest BCUT2D eigenvalue weighted by Gasteiger charge is 2.38. The first kappa shape index (κ1) is 18.2. The van der Waals surface area contributed by atoms with Gasteiger partial charge in [0.1, 0.15) is 12.4 Å². The molecule has 2 heterocycles. The van der Waals surface area contributed by atoms with Crippen molar-refractivity contribution in [2.24, 2.45) is 5.41 Å². The zero-order valence-corrected chi connectivity index (χ0v) is 15.3. The minimum Gasteiger partial charge on any atom is -0.334 e. The van der Waals surface area contributed by atoms with Crippen LogP contribution in [0.5, 0.6) is 0 Å². The van der Waals surface area contributed by atoms with Gasteiger partial charge in [-0.15, -0.1) is 0 Å². The maximum absolute atomic E-state index is 13.0. The standard InChI is InChI=1S/C17H27N5O2/c1-16(2,3)13(20-15(24)21-17(4,5)6)14(23)22-8-11-7-18-10-19-12(11)9-22/h7,10,13H,8-9H2,1-6H3,(H2,20,21,24). The molecule has 0 bridgehead atoms. The van der Waals surface area contributed by atoms with E-state index >= 15 is 0 Å². The maximum Gasteiger partial charge on any atom is 0.315 e. The summed E-state index contributed by atoms with van der Waals surface area (Å²) in [4.78, 5) is 35.2. The minimum atomic E-state index is -0.623. The van der Waals surface area contributed by atoms with E-state index in [1.165, 1.54) is 6.33 Å². The van der Waals surface area contributed by atoms with E-state index in [1.54, 1.807) is 11.1 Å². The summed E-state index contributed by atoms with van der Waals surface area (Å²) in [5.41, 5.74) is 1.05. The third-order valence-corrected chi connectivity index (χ3v) is 3.77. The van der Waals surface area contributed by atoms with Crippen molar-refractivity contribution in [3.8, 4) is 0 Å². The number of amides is 3. The first-order valence-corrected chi connectivity index (χ1v) is 8.12. The molecule has 132 valence electrons. The van der Waals surface area contributed by atoms with Crippen molar-refractivity contribution in [2.75, 3.05) is 0 Å². The lowest BCUT2D eigenvalue weighted by Crippen LogP contribution is -2.58. The van der Waals surface area contributed by atoms with Gasteiger partial charge in [-0.1, -0.05) is 20.8 Å². The quantitative estimate of drug-likeness (QED) is 0.864. The number of aromatic nitrogens is 2. The van der Waals surface area contributed by atoms with Crippen LogP contribution in [0.15, 0.2) is 12.5 Å². The van der Waals surface area contributed by atoms with Gasteiger partial charge in [-0.3, -0.25) is 4.79 Å². The normalized spacial score (nSPS) is 15.7. The van der Waals surface area contributed by atoms with E-state index in [2.05, 4.69) is 20.6 Å². The molecule has 0 spiro atoms. The number of hydrogen-bond donors (Lipinski definition) is 2. The van der Waals surface area contributed by atoms with Crippen LogP contribution in [0.25, 0.3) is 0 Å². The van der Waals surface area contributed by atoms with Crippen molar-refractivity contribution < 1.29 is 9.59 Å². The molecule has 0 aliphatic carbocycles. The van der Waals surface area contributed by atoms with Gasteiger partial charge in [0.05, 0.1) is 12.2 Å². The number of rotatable bonds is 2. The van der Waals surface area contributed by atoms with Gasteiger partial charge >= 0.3 is 6.03 Å². The lowest BCUT2D eigenvalue weighted by atomic mass is 9.86. The third-order valence-electron chi connectivity index (χ3n) is 3.77. The van der Waals surface area contributed by atoms with Crippen LogP contribution in [0.3, 0.4) is 0 Å². The second-order valence-corrected chi connectivity index (χ2v) is 8.34. The van der Waals surface area contributed by atoms with Crippen LogP contribution in [0, 0.1) is 5.41 Å². The predicted octanol–water partition coefficient (Wildman–Crippen LogP) is 1.83. The molecule has 1 atom stereocenters. The average molecular weight is 333 g/mol. The molecule has 0 saturated heterocycles. The van der Waals surface area contributed by atoms with Gasteiger partial charge in [-0.05, 0) is 26.2 Å². The molecule has 0 aromatic carbocycles. The van der Waals surface area contributed by atoms with Crippen LogP contribution in [0.1, 0.15) is 52.8 Å². The minimum absolute atomic E-state index is 0.107. The van der Waals surface area contributed by atoms with Crippen LogP contribution in [-0.4, -0.2) is 38.4 Å². The monoisotopic (exact) mass is 333 g/mol. The van der Waals surface area contributed by atoms with Gasteiger partial charge in [0, 0.05) is 23.8 Å². The summed E-state index contributed by atoms with van der Waals surface area (Å²) < 4.78 is 0. The number of carbonyl (C=O) groups excluding carboxylic acids is 2. The fraction of sp³-hybridized carbons (Fsp3) is 0.647. The lowest BCUT2D eigenvalue weighted by molar-refractivity contribution is -0.136. The number of nitrogens with zero attached hydrogens (tertiary/aromatic N) is 3. The SMILES string of the molecule is CC(C)(C)NC(=O)NC(C(=O)N1Cc2cncnc2C1)C(C)(C)C. The molecule has 1 aliphatic heterocycles. The van der Waals surface area contributed by atoms with Crippen molar-refractivity contribution >= 4 is 11.9 Å². The molecule has 3 amide bonds. The molecule has 2 N–H and O–H groups in total. The van der Waals surface area contributed by atoms with E-state index in [9.17, 15) is 9.59 Å². The number of nitrogens with one attached hydrogen (secondary N) is 2. The molecular formula is C17H27N5O2. The second kappa shape index (κ2) is 6.37. The summed E-state index contributed by atoms with van der Waals surface area (Å²) in [6.07, 6.45) is 3.23. The number of carbonyl (C=O) groups is 2. The van der Waals surface area contributed by atoms with Crippen molar-refractivity contribution in [1.29, 1.82) is 0 Å². The van der Waals surface area contributed by atoms with Gasteiger partial charge in [-0.2, -0.15) is 0 Å². The molecule has 7 nitrogen and oxygen atoms in total. The molecule has 0 saturated carbocycles. The molecule has 7 heteroatoms. The molecule has 1 aromatic heterocycles. The summed E-state index contributed by atoms with van der Waals surface area (Å²) in [7, 11) is 0. The van der Waals surface area contributed by atoms with Gasteiger partial charge in [0.2, 0.25) is 5.91 Å². The van der Waals surface area contributed by atoms with Crippen molar-refractivity contribution in [1.82, 2.24) is 25.5 Å². The summed E-state index contributed by atoms with van der Waals surface area (Å²) in [6, 6.07) is -0.964. The molecule has 0 fully saturated rings. The first-order chi connectivity index (χ1) is 11.0. The Hall–Kier alpha value is -2.18. The fourth-order valence-electron chi connectivity index (χ4n) is 2.60. The Morgan fingerprint density at radius 3 is 2.38 bits per heavy atom. The molecule has 1 aliphatic rings. The Labute approximate surface area is 143 Å². The van der Waals surface area contributed by atoms with Gasteiger partial charge < -0.3 is 15.5 Å². The van der Waals surface area contributed by atoms with Gasteiger partial charge in [0.25, 0.3) is 0 Å². The summed E-state index contributed by atoms with van der Waals surface area (Å²) in [6.45, 7) is 12.4. The zero-order valence-electron chi connectivity index (χ0n) is 15.3. The lowest BCUT2D eigenvalue weighted by Gasteiger charge is -2.34. The number of urea groups is 1. The first-order valence-electron chi connectivity index (χ1n) is 8.12. The maximum atomic E-state index is 13.0. The van der Waals surface area contributed by atoms with Crippen molar-refractivity contribution in [3.05, 3.63) is 23.8 Å². The number of hydrogen-bond acceptors (Lipinski definition) is 4. The molecule has 1 aromatic rings. The van der Waals surface area contributed by atoms with Crippen LogP contribution in [0.4, 0.5) is 4.79 Å². The van der Waals surface area contributed by atoms with E-state index in [-0.39, 0.29) is 17.5 Å². The second-order valence-electron chi connectivity index (χ2n) is 8.34. The van der Waals surface area contributed by atoms with Crippen LogP contribution < -0.4 is 10.6 Å². The average Bonchev–Trinajstić information content (AvgIpc) is 2.84. The summed E-state index contributed by atoms with van der Waals surface area (Å²) in [5.74, 6) is -0.107. The molecule has 2 rings (SSSR count). The fourth-order valence-corrected chi connectivity index (χ4v) is 2.60. The third kappa shape index (κ3) is 4.43. The highest BCUT2D eigenvalue weighted by atomic mass is 16.2. The Balaban J connectivity index is 2.12. The Morgan fingerprint density at radius 2 is 1.83 bits per heavy atom. The summed E-state index contributed by atoms with van der Waals surface area (Å²) in [5, 5.41) is 5.68. The van der Waals surface area contributed by atoms with E-state index in [0.29, 0.717) is 13.1 Å². The number of fused-ring (bicyclic) bond motifs is 1. The van der Waals surface area contributed by atoms with E-state index in [0.717, 1.165) is 11.3 Å². The Morgan fingerprint density at radius 1 is 1.17 bits per heavy atom. The largest absolute Gasteiger partial charge is 0.334 e. The van der Waals surface area contributed by atoms with Crippen molar-refractivity contribution in [2.45, 2.75) is 66.2 Å². The Kier molecular flexibility index (Phi) is 4.82. The van der Waals surface area contributed by atoms with Gasteiger partial charge in [0.15, 0.2) is 0 Å². The van der Waals surface area contributed by atoms with Gasteiger partial charge in [-0.25, -0.2) is 14.8 Å². The molecular weight excluding hydrogens is 306 g/mol. The highest BCUT2D eigenvalue weighted by Crippen LogP contribution is 2.26. The van der Waals surface area contributed by atoms with E-state index in [1.807, 2.05) is 41.5 Å². The van der Waals surface area contributed by atoms with Crippen LogP contribution >= 0.6 is 0 Å². The summed E-state index contributed by atoms with van der Waals surface area (Å²) >= 11 is 0. The smallest absolute Gasteiger partial charge is 0.315 e. The predicted molar refractivity (Wildman–Crippen MR) is 90.9 cm³/mol. The zero-order chi connectivity index (χ0) is 18.1. The highest BCUT2D eigenvalue weighted by molar-refractivity contribution is 5.88. The Bertz CT molecular complexity index is 606. The molecule has 0 radical (unpaired) electrons. The van der Waals surface area contributed by atoms with Crippen LogP contribution in [-0.2, 0) is 17.9 Å². The van der Waals surface area contributed by atoms with E-state index in [4.69, 9.17) is 0 Å². The van der Waals surface area contributed by atoms with E-state index < -0.39 is 11.5 Å². The molecule has 1 unspecified atom stereocenters. The van der Waals surface area contributed by atoms with Crippen LogP contribution in [0.2, 0.25) is 0 Å². The van der Waals surface area contributed by atoms with Crippen molar-refractivity contribution in [3.63, 3.8) is 0 Å².